The largest absolute Gasteiger partial charge is 0.338 e. The van der Waals surface area contributed by atoms with E-state index in [4.69, 9.17) is 0 Å². The Bertz CT molecular complexity index is 718. The molecule has 24 heavy (non-hydrogen) atoms. The van der Waals surface area contributed by atoms with Crippen LogP contribution in [-0.4, -0.2) is 61.2 Å². The summed E-state index contributed by atoms with van der Waals surface area (Å²) in [5.41, 5.74) is 1.97. The van der Waals surface area contributed by atoms with E-state index in [0.29, 0.717) is 13.1 Å². The molecule has 1 aliphatic rings. The fourth-order valence-electron chi connectivity index (χ4n) is 3.43. The molecule has 7 heteroatoms. The first-order valence-electron chi connectivity index (χ1n) is 8.49. The molecular weight excluding hydrogens is 304 g/mol. The number of carbonyl (C=O) groups is 1. The van der Waals surface area contributed by atoms with Crippen molar-refractivity contribution < 1.29 is 4.79 Å². The van der Waals surface area contributed by atoms with Crippen LogP contribution in [-0.2, 0) is 18.4 Å². The first-order chi connectivity index (χ1) is 11.5. The maximum atomic E-state index is 12.7. The lowest BCUT2D eigenvalue weighted by Gasteiger charge is -2.40. The molecule has 1 amide bonds. The zero-order valence-corrected chi connectivity index (χ0v) is 14.9. The Morgan fingerprint density at radius 3 is 2.71 bits per heavy atom. The van der Waals surface area contributed by atoms with Gasteiger partial charge in [0.25, 0.3) is 0 Å². The number of hydrogen-bond acceptors (Lipinski definition) is 4. The minimum absolute atomic E-state index is 0.121. The predicted octanol–water partition coefficient (Wildman–Crippen LogP) is 1.14. The third-order valence-electron chi connectivity index (χ3n) is 4.79. The van der Waals surface area contributed by atoms with Gasteiger partial charge in [-0.05, 0) is 26.5 Å². The number of rotatable bonds is 4. The lowest BCUT2D eigenvalue weighted by atomic mass is 10.1. The van der Waals surface area contributed by atoms with Crippen molar-refractivity contribution in [1.29, 1.82) is 0 Å². The molecule has 1 saturated heterocycles. The topological polar surface area (TPSA) is 59.2 Å². The number of aromatic nitrogens is 4. The quantitative estimate of drug-likeness (QED) is 0.843. The molecule has 0 bridgehead atoms. The van der Waals surface area contributed by atoms with Gasteiger partial charge in [-0.15, -0.1) is 0 Å². The molecule has 0 N–H and O–H groups in total. The van der Waals surface area contributed by atoms with Gasteiger partial charge in [0.2, 0.25) is 5.91 Å². The smallest absolute Gasteiger partial charge is 0.244 e. The third-order valence-corrected chi connectivity index (χ3v) is 4.79. The molecule has 1 fully saturated rings. The normalized spacial score (nSPS) is 19.0. The predicted molar refractivity (Wildman–Crippen MR) is 91.5 cm³/mol. The van der Waals surface area contributed by atoms with Crippen LogP contribution in [0.2, 0.25) is 0 Å². The number of hydrogen-bond donors (Lipinski definition) is 0. The van der Waals surface area contributed by atoms with E-state index in [1.807, 2.05) is 48.8 Å². The Morgan fingerprint density at radius 2 is 2.12 bits per heavy atom. The number of imidazole rings is 1. The van der Waals surface area contributed by atoms with Crippen molar-refractivity contribution in [2.45, 2.75) is 33.4 Å². The van der Waals surface area contributed by atoms with Gasteiger partial charge >= 0.3 is 0 Å². The summed E-state index contributed by atoms with van der Waals surface area (Å²) in [7, 11) is 2.01. The van der Waals surface area contributed by atoms with E-state index in [1.165, 1.54) is 0 Å². The van der Waals surface area contributed by atoms with E-state index >= 15 is 0 Å². The molecule has 2 aromatic heterocycles. The SMILES string of the molecule is CCN1CCN(C(=O)Cn2nc(C)cc2C)C[C@@H]1c1nccn1C. The van der Waals surface area contributed by atoms with Gasteiger partial charge in [-0.1, -0.05) is 6.92 Å². The van der Waals surface area contributed by atoms with Crippen LogP contribution in [0.5, 0.6) is 0 Å². The van der Waals surface area contributed by atoms with Crippen LogP contribution in [0, 0.1) is 13.8 Å². The van der Waals surface area contributed by atoms with Crippen LogP contribution in [0.1, 0.15) is 30.2 Å². The van der Waals surface area contributed by atoms with Gasteiger partial charge in [0, 0.05) is 44.8 Å². The lowest BCUT2D eigenvalue weighted by molar-refractivity contribution is -0.135. The average molecular weight is 330 g/mol. The van der Waals surface area contributed by atoms with Crippen LogP contribution in [0.3, 0.4) is 0 Å². The molecule has 7 nitrogen and oxygen atoms in total. The van der Waals surface area contributed by atoms with Crippen LogP contribution in [0.25, 0.3) is 0 Å². The lowest BCUT2D eigenvalue weighted by Crippen LogP contribution is -2.51. The average Bonchev–Trinajstić information content (AvgIpc) is 3.12. The van der Waals surface area contributed by atoms with Crippen LogP contribution in [0.4, 0.5) is 0 Å². The number of piperazine rings is 1. The van der Waals surface area contributed by atoms with Crippen LogP contribution in [0.15, 0.2) is 18.5 Å². The third kappa shape index (κ3) is 3.21. The van der Waals surface area contributed by atoms with Gasteiger partial charge in [0.1, 0.15) is 12.4 Å². The second-order valence-electron chi connectivity index (χ2n) is 6.47. The Hall–Kier alpha value is -2.15. The summed E-state index contributed by atoms with van der Waals surface area (Å²) in [6.07, 6.45) is 3.78. The van der Waals surface area contributed by atoms with Crippen molar-refractivity contribution in [2.24, 2.45) is 7.05 Å². The van der Waals surface area contributed by atoms with Crippen molar-refractivity contribution >= 4 is 5.91 Å². The molecule has 0 spiro atoms. The Morgan fingerprint density at radius 1 is 1.33 bits per heavy atom. The highest BCUT2D eigenvalue weighted by Crippen LogP contribution is 2.24. The van der Waals surface area contributed by atoms with E-state index in [1.54, 1.807) is 4.68 Å². The van der Waals surface area contributed by atoms with E-state index in [-0.39, 0.29) is 11.9 Å². The minimum Gasteiger partial charge on any atom is -0.338 e. The standard InChI is InChI=1S/C17H26N6O/c1-5-21-8-9-22(11-15(21)17-18-6-7-20(17)4)16(24)12-23-14(3)10-13(2)19-23/h6-7,10,15H,5,8-9,11-12H2,1-4H3/t15-/m1/s1. The number of amides is 1. The van der Waals surface area contributed by atoms with E-state index in [9.17, 15) is 4.79 Å². The van der Waals surface area contributed by atoms with Gasteiger partial charge in [-0.3, -0.25) is 14.4 Å². The second kappa shape index (κ2) is 6.76. The zero-order chi connectivity index (χ0) is 17.3. The Balaban J connectivity index is 1.74. The van der Waals surface area contributed by atoms with Crippen molar-refractivity contribution in [3.63, 3.8) is 0 Å². The number of nitrogens with zero attached hydrogens (tertiary/aromatic N) is 6. The molecule has 0 aromatic carbocycles. The second-order valence-corrected chi connectivity index (χ2v) is 6.47. The van der Waals surface area contributed by atoms with E-state index in [2.05, 4.69) is 21.9 Å². The molecule has 0 saturated carbocycles. The van der Waals surface area contributed by atoms with Gasteiger partial charge in [0.15, 0.2) is 0 Å². The molecule has 0 aliphatic carbocycles. The fraction of sp³-hybridized carbons (Fsp3) is 0.588. The monoisotopic (exact) mass is 330 g/mol. The van der Waals surface area contributed by atoms with Crippen molar-refractivity contribution in [1.82, 2.24) is 29.1 Å². The molecule has 3 heterocycles. The van der Waals surface area contributed by atoms with Crippen molar-refractivity contribution in [3.8, 4) is 0 Å². The summed E-state index contributed by atoms with van der Waals surface area (Å²) < 4.78 is 3.84. The number of likely N-dealkylation sites (N-methyl/N-ethyl adjacent to an activating group) is 1. The maximum Gasteiger partial charge on any atom is 0.244 e. The molecule has 3 rings (SSSR count). The van der Waals surface area contributed by atoms with Gasteiger partial charge in [0.05, 0.1) is 11.7 Å². The van der Waals surface area contributed by atoms with E-state index < -0.39 is 0 Å². The highest BCUT2D eigenvalue weighted by atomic mass is 16.2. The first-order valence-corrected chi connectivity index (χ1v) is 8.49. The van der Waals surface area contributed by atoms with E-state index in [0.717, 1.165) is 36.8 Å². The molecule has 0 radical (unpaired) electrons. The number of aryl methyl sites for hydroxylation is 3. The van der Waals surface area contributed by atoms with Crippen LogP contribution >= 0.6 is 0 Å². The first kappa shape index (κ1) is 16.7. The summed E-state index contributed by atoms with van der Waals surface area (Å²) in [6.45, 7) is 9.66. The summed E-state index contributed by atoms with van der Waals surface area (Å²) in [5.74, 6) is 1.14. The summed E-state index contributed by atoms with van der Waals surface area (Å²) in [6, 6.07) is 2.15. The maximum absolute atomic E-state index is 12.7. The Labute approximate surface area is 142 Å². The van der Waals surface area contributed by atoms with Gasteiger partial charge < -0.3 is 9.47 Å². The molecule has 0 unspecified atom stereocenters. The molecular formula is C17H26N6O. The van der Waals surface area contributed by atoms with Gasteiger partial charge in [-0.25, -0.2) is 4.98 Å². The highest BCUT2D eigenvalue weighted by molar-refractivity contribution is 5.76. The highest BCUT2D eigenvalue weighted by Gasteiger charge is 2.32. The molecule has 1 atom stereocenters. The molecule has 1 aliphatic heterocycles. The summed E-state index contributed by atoms with van der Waals surface area (Å²) in [5, 5.41) is 4.40. The van der Waals surface area contributed by atoms with Gasteiger partial charge in [-0.2, -0.15) is 5.10 Å². The summed E-state index contributed by atoms with van der Waals surface area (Å²) in [4.78, 5) is 21.6. The van der Waals surface area contributed by atoms with Crippen molar-refractivity contribution in [2.75, 3.05) is 26.2 Å². The number of carbonyl (C=O) groups excluding carboxylic acids is 1. The van der Waals surface area contributed by atoms with Crippen LogP contribution < -0.4 is 0 Å². The summed E-state index contributed by atoms with van der Waals surface area (Å²) >= 11 is 0. The fourth-order valence-corrected chi connectivity index (χ4v) is 3.43. The molecule has 2 aromatic rings. The zero-order valence-electron chi connectivity index (χ0n) is 14.9. The molecule has 130 valence electrons. The minimum atomic E-state index is 0.121. The Kier molecular flexibility index (Phi) is 4.71. The van der Waals surface area contributed by atoms with Crippen molar-refractivity contribution in [3.05, 3.63) is 35.7 Å².